The van der Waals surface area contributed by atoms with Gasteiger partial charge in [-0.25, -0.2) is 4.68 Å². The first kappa shape index (κ1) is 20.3. The second-order valence-electron chi connectivity index (χ2n) is 7.56. The first-order chi connectivity index (χ1) is 14.9. The zero-order valence-electron chi connectivity index (χ0n) is 17.8. The highest BCUT2D eigenvalue weighted by molar-refractivity contribution is 5.94. The smallest absolute Gasteiger partial charge is 0.261 e. The number of nitrogens with one attached hydrogen (secondary N) is 2. The van der Waals surface area contributed by atoms with E-state index in [1.165, 1.54) is 0 Å². The number of aryl methyl sites for hydroxylation is 2. The highest BCUT2D eigenvalue weighted by atomic mass is 16.2. The Labute approximate surface area is 180 Å². The summed E-state index contributed by atoms with van der Waals surface area (Å²) in [6, 6.07) is 21.0. The minimum atomic E-state index is -0.414. The van der Waals surface area contributed by atoms with Crippen LogP contribution in [0.4, 0.5) is 0 Å². The quantitative estimate of drug-likeness (QED) is 0.518. The summed E-state index contributed by atoms with van der Waals surface area (Å²) in [4.78, 5) is 28.0. The van der Waals surface area contributed by atoms with Crippen molar-refractivity contribution in [3.8, 4) is 16.9 Å². The average Bonchev–Trinajstić information content (AvgIpc) is 3.06. The summed E-state index contributed by atoms with van der Waals surface area (Å²) in [7, 11) is 0. The topological polar surface area (TPSA) is 79.8 Å². The van der Waals surface area contributed by atoms with Crippen molar-refractivity contribution in [3.63, 3.8) is 0 Å². The third-order valence-electron chi connectivity index (χ3n) is 5.35. The standard InChI is InChI=1S/C25H24N4O2/c1-16-8-7-9-19(14-16)23-13-12-21(25(31)27-23)24(30)26-15-22-17(2)28-29(18(22)3)20-10-5-4-6-11-20/h4-14H,15H2,1-3H3,(H,26,30)(H,27,31). The molecule has 2 aromatic carbocycles. The molecular formula is C25H24N4O2. The van der Waals surface area contributed by atoms with E-state index in [0.717, 1.165) is 33.8 Å². The fourth-order valence-corrected chi connectivity index (χ4v) is 3.65. The van der Waals surface area contributed by atoms with Crippen LogP contribution in [-0.4, -0.2) is 20.7 Å². The Kier molecular flexibility index (Phi) is 5.54. The van der Waals surface area contributed by atoms with Crippen molar-refractivity contribution in [2.45, 2.75) is 27.3 Å². The third-order valence-corrected chi connectivity index (χ3v) is 5.35. The van der Waals surface area contributed by atoms with Gasteiger partial charge in [0.25, 0.3) is 11.5 Å². The molecule has 2 heterocycles. The van der Waals surface area contributed by atoms with Crippen molar-refractivity contribution < 1.29 is 4.79 Å². The van der Waals surface area contributed by atoms with Gasteiger partial charge in [0.05, 0.1) is 11.4 Å². The van der Waals surface area contributed by atoms with E-state index in [1.54, 1.807) is 12.1 Å². The van der Waals surface area contributed by atoms with Gasteiger partial charge in [0.15, 0.2) is 0 Å². The molecule has 0 radical (unpaired) electrons. The molecule has 2 aromatic heterocycles. The molecule has 0 spiro atoms. The van der Waals surface area contributed by atoms with E-state index >= 15 is 0 Å². The normalized spacial score (nSPS) is 10.8. The van der Waals surface area contributed by atoms with E-state index in [-0.39, 0.29) is 5.56 Å². The Hall–Kier alpha value is -3.93. The van der Waals surface area contributed by atoms with Crippen molar-refractivity contribution in [1.29, 1.82) is 0 Å². The number of para-hydroxylation sites is 1. The summed E-state index contributed by atoms with van der Waals surface area (Å²) < 4.78 is 1.86. The van der Waals surface area contributed by atoms with Gasteiger partial charge in [-0.3, -0.25) is 9.59 Å². The summed E-state index contributed by atoms with van der Waals surface area (Å²) in [6.07, 6.45) is 0. The molecule has 2 N–H and O–H groups in total. The minimum absolute atomic E-state index is 0.0853. The Balaban J connectivity index is 1.52. The molecule has 0 atom stereocenters. The lowest BCUT2D eigenvalue weighted by atomic mass is 10.1. The molecular weight excluding hydrogens is 388 g/mol. The number of pyridine rings is 1. The van der Waals surface area contributed by atoms with Gasteiger partial charge in [0, 0.05) is 23.5 Å². The average molecular weight is 412 g/mol. The van der Waals surface area contributed by atoms with Crippen LogP contribution in [0.15, 0.2) is 71.5 Å². The maximum absolute atomic E-state index is 12.7. The van der Waals surface area contributed by atoms with E-state index in [0.29, 0.717) is 12.2 Å². The van der Waals surface area contributed by atoms with Crippen molar-refractivity contribution in [1.82, 2.24) is 20.1 Å². The predicted molar refractivity (Wildman–Crippen MR) is 121 cm³/mol. The van der Waals surface area contributed by atoms with Crippen LogP contribution in [-0.2, 0) is 6.54 Å². The van der Waals surface area contributed by atoms with E-state index in [9.17, 15) is 9.59 Å². The van der Waals surface area contributed by atoms with Crippen LogP contribution in [0.5, 0.6) is 0 Å². The number of nitrogens with zero attached hydrogens (tertiary/aromatic N) is 2. The summed E-state index contributed by atoms with van der Waals surface area (Å²) in [5, 5.41) is 7.46. The molecule has 4 aromatic rings. The lowest BCUT2D eigenvalue weighted by Crippen LogP contribution is -2.29. The number of rotatable bonds is 5. The van der Waals surface area contributed by atoms with Gasteiger partial charge in [-0.05, 0) is 56.7 Å². The Morgan fingerprint density at radius 3 is 2.48 bits per heavy atom. The Morgan fingerprint density at radius 1 is 1.00 bits per heavy atom. The largest absolute Gasteiger partial charge is 0.348 e. The van der Waals surface area contributed by atoms with Crippen molar-refractivity contribution in [3.05, 3.63) is 105 Å². The van der Waals surface area contributed by atoms with Gasteiger partial charge in [-0.1, -0.05) is 42.0 Å². The van der Waals surface area contributed by atoms with Crippen molar-refractivity contribution in [2.24, 2.45) is 0 Å². The van der Waals surface area contributed by atoms with Crippen LogP contribution in [0.2, 0.25) is 0 Å². The Bertz CT molecular complexity index is 1300. The number of aromatic amines is 1. The second-order valence-corrected chi connectivity index (χ2v) is 7.56. The zero-order chi connectivity index (χ0) is 22.0. The molecule has 0 fully saturated rings. The van der Waals surface area contributed by atoms with Crippen molar-refractivity contribution >= 4 is 5.91 Å². The first-order valence-corrected chi connectivity index (χ1v) is 10.1. The van der Waals surface area contributed by atoms with Crippen LogP contribution in [0.3, 0.4) is 0 Å². The van der Waals surface area contributed by atoms with Gasteiger partial charge < -0.3 is 10.3 Å². The van der Waals surface area contributed by atoms with Gasteiger partial charge in [0.2, 0.25) is 0 Å². The molecule has 0 bridgehead atoms. The summed E-state index contributed by atoms with van der Waals surface area (Å²) in [6.45, 7) is 6.17. The van der Waals surface area contributed by atoms with Gasteiger partial charge >= 0.3 is 0 Å². The lowest BCUT2D eigenvalue weighted by molar-refractivity contribution is 0.0949. The van der Waals surface area contributed by atoms with Crippen LogP contribution in [0.1, 0.15) is 32.9 Å². The maximum atomic E-state index is 12.7. The van der Waals surface area contributed by atoms with E-state index in [1.807, 2.05) is 80.1 Å². The fraction of sp³-hybridized carbons (Fsp3) is 0.160. The fourth-order valence-electron chi connectivity index (χ4n) is 3.65. The first-order valence-electron chi connectivity index (χ1n) is 10.1. The lowest BCUT2D eigenvalue weighted by Gasteiger charge is -2.08. The molecule has 0 aliphatic heterocycles. The summed E-state index contributed by atoms with van der Waals surface area (Å²) in [5.41, 5.74) is 6.05. The number of hydrogen-bond donors (Lipinski definition) is 2. The van der Waals surface area contributed by atoms with E-state index < -0.39 is 11.5 Å². The minimum Gasteiger partial charge on any atom is -0.348 e. The van der Waals surface area contributed by atoms with Crippen molar-refractivity contribution in [2.75, 3.05) is 0 Å². The molecule has 0 aliphatic rings. The van der Waals surface area contributed by atoms with E-state index in [2.05, 4.69) is 15.4 Å². The molecule has 31 heavy (non-hydrogen) atoms. The molecule has 4 rings (SSSR count). The number of carbonyl (C=O) groups excluding carboxylic acids is 1. The molecule has 1 amide bonds. The van der Waals surface area contributed by atoms with Crippen LogP contribution < -0.4 is 10.9 Å². The number of aromatic nitrogens is 3. The third kappa shape index (κ3) is 4.19. The summed E-state index contributed by atoms with van der Waals surface area (Å²) in [5.74, 6) is -0.414. The molecule has 6 nitrogen and oxygen atoms in total. The number of benzene rings is 2. The number of H-pyrrole nitrogens is 1. The van der Waals surface area contributed by atoms with Gasteiger partial charge in [-0.2, -0.15) is 5.10 Å². The monoisotopic (exact) mass is 412 g/mol. The second kappa shape index (κ2) is 8.44. The maximum Gasteiger partial charge on any atom is 0.261 e. The highest BCUT2D eigenvalue weighted by Crippen LogP contribution is 2.19. The molecule has 0 aliphatic carbocycles. The molecule has 0 saturated carbocycles. The van der Waals surface area contributed by atoms with Gasteiger partial charge in [-0.15, -0.1) is 0 Å². The van der Waals surface area contributed by atoms with Crippen LogP contribution in [0.25, 0.3) is 16.9 Å². The van der Waals surface area contributed by atoms with Crippen LogP contribution in [0, 0.1) is 20.8 Å². The molecule has 0 saturated heterocycles. The number of hydrogen-bond acceptors (Lipinski definition) is 3. The number of carbonyl (C=O) groups is 1. The predicted octanol–water partition coefficient (Wildman–Crippen LogP) is 4.08. The Morgan fingerprint density at radius 2 is 1.77 bits per heavy atom. The van der Waals surface area contributed by atoms with Crippen LogP contribution >= 0.6 is 0 Å². The zero-order valence-corrected chi connectivity index (χ0v) is 17.8. The number of amides is 1. The molecule has 0 unspecified atom stereocenters. The molecule has 6 heteroatoms. The van der Waals surface area contributed by atoms with Gasteiger partial charge in [0.1, 0.15) is 5.56 Å². The molecule has 156 valence electrons. The SMILES string of the molecule is Cc1cccc(-c2ccc(C(=O)NCc3c(C)nn(-c4ccccc4)c3C)c(=O)[nH]2)c1. The van der Waals surface area contributed by atoms with E-state index in [4.69, 9.17) is 0 Å². The summed E-state index contributed by atoms with van der Waals surface area (Å²) >= 11 is 0. The highest BCUT2D eigenvalue weighted by Gasteiger charge is 2.16.